The van der Waals surface area contributed by atoms with E-state index in [-0.39, 0.29) is 11.8 Å². The molecular weight excluding hydrogens is 385 g/mol. The molecule has 1 aliphatic carbocycles. The summed E-state index contributed by atoms with van der Waals surface area (Å²) in [5.41, 5.74) is 2.84. The third kappa shape index (κ3) is 4.60. The molecule has 0 saturated heterocycles. The Labute approximate surface area is 173 Å². The number of nitrogens with zero attached hydrogens (tertiary/aromatic N) is 3. The predicted molar refractivity (Wildman–Crippen MR) is 111 cm³/mol. The first kappa shape index (κ1) is 19.9. The number of nitrogens with one attached hydrogen (secondary N) is 2. The lowest BCUT2D eigenvalue weighted by atomic mass is 10.0. The minimum atomic E-state index is -0.616. The van der Waals surface area contributed by atoms with Crippen molar-refractivity contribution in [3.8, 4) is 0 Å². The number of carbonyl (C=O) groups excluding carboxylic acids is 1. The average Bonchev–Trinajstić information content (AvgIpc) is 3.61. The van der Waals surface area contributed by atoms with Crippen molar-refractivity contribution in [2.75, 3.05) is 10.6 Å². The van der Waals surface area contributed by atoms with Crippen molar-refractivity contribution < 1.29 is 14.3 Å². The number of carbonyl (C=O) groups is 1. The molecule has 0 aliphatic heterocycles. The van der Waals surface area contributed by atoms with E-state index in [4.69, 9.17) is 0 Å². The van der Waals surface area contributed by atoms with Crippen molar-refractivity contribution in [2.24, 2.45) is 5.92 Å². The quantitative estimate of drug-likeness (QED) is 0.546. The van der Waals surface area contributed by atoms with Crippen LogP contribution in [-0.2, 0) is 6.67 Å². The highest BCUT2D eigenvalue weighted by atomic mass is 19.1. The molecule has 154 valence electrons. The number of pyridine rings is 3. The van der Waals surface area contributed by atoms with Gasteiger partial charge in [0.15, 0.2) is 0 Å². The van der Waals surface area contributed by atoms with Gasteiger partial charge in [0, 0.05) is 34.8 Å². The summed E-state index contributed by atoms with van der Waals surface area (Å²) in [5, 5.41) is 16.4. The van der Waals surface area contributed by atoms with E-state index in [1.165, 1.54) is 12.4 Å². The van der Waals surface area contributed by atoms with E-state index in [0.717, 1.165) is 18.5 Å². The number of alkyl halides is 1. The second-order valence-corrected chi connectivity index (χ2v) is 7.39. The van der Waals surface area contributed by atoms with E-state index < -0.39 is 12.8 Å². The first-order valence-corrected chi connectivity index (χ1v) is 9.73. The molecule has 8 heteroatoms. The Morgan fingerprint density at radius 2 is 2.00 bits per heavy atom. The van der Waals surface area contributed by atoms with E-state index >= 15 is 0 Å². The van der Waals surface area contributed by atoms with Gasteiger partial charge in [0.1, 0.15) is 18.3 Å². The molecule has 0 spiro atoms. The van der Waals surface area contributed by atoms with Crippen molar-refractivity contribution in [1.29, 1.82) is 0 Å². The fourth-order valence-electron chi connectivity index (χ4n) is 3.14. The Kier molecular flexibility index (Phi) is 5.67. The summed E-state index contributed by atoms with van der Waals surface area (Å²) in [6, 6.07) is 8.28. The van der Waals surface area contributed by atoms with Gasteiger partial charge in [-0.2, -0.15) is 0 Å². The van der Waals surface area contributed by atoms with Crippen molar-refractivity contribution in [3.63, 3.8) is 0 Å². The van der Waals surface area contributed by atoms with Crippen LogP contribution in [0.15, 0.2) is 48.9 Å². The average molecular weight is 407 g/mol. The van der Waals surface area contributed by atoms with Crippen LogP contribution in [0.5, 0.6) is 0 Å². The van der Waals surface area contributed by atoms with Crippen molar-refractivity contribution in [1.82, 2.24) is 15.0 Å². The van der Waals surface area contributed by atoms with E-state index in [9.17, 15) is 14.3 Å². The lowest BCUT2D eigenvalue weighted by molar-refractivity contribution is 0.102. The van der Waals surface area contributed by atoms with Gasteiger partial charge in [-0.15, -0.1) is 0 Å². The minimum absolute atomic E-state index is 0.232. The van der Waals surface area contributed by atoms with Crippen LogP contribution < -0.4 is 10.6 Å². The number of aromatic nitrogens is 3. The largest absolute Gasteiger partial charge is 0.388 e. The number of amides is 1. The molecule has 3 N–H and O–H groups in total. The molecule has 1 atom stereocenters. The first-order valence-electron chi connectivity index (χ1n) is 9.73. The van der Waals surface area contributed by atoms with Gasteiger partial charge in [-0.25, -0.2) is 14.4 Å². The number of aryl methyl sites for hydroxylation is 1. The van der Waals surface area contributed by atoms with Crippen LogP contribution in [-0.4, -0.2) is 26.0 Å². The van der Waals surface area contributed by atoms with Crippen LogP contribution in [0.2, 0.25) is 0 Å². The van der Waals surface area contributed by atoms with Crippen molar-refractivity contribution in [2.45, 2.75) is 32.5 Å². The molecule has 1 amide bonds. The third-order valence-corrected chi connectivity index (χ3v) is 4.97. The van der Waals surface area contributed by atoms with Gasteiger partial charge >= 0.3 is 0 Å². The number of hydrogen-bond acceptors (Lipinski definition) is 6. The van der Waals surface area contributed by atoms with Crippen LogP contribution in [0.4, 0.5) is 21.7 Å². The first-order chi connectivity index (χ1) is 14.5. The van der Waals surface area contributed by atoms with E-state index in [1.807, 2.05) is 13.0 Å². The molecule has 4 rings (SSSR count). The van der Waals surface area contributed by atoms with Crippen molar-refractivity contribution >= 4 is 23.2 Å². The zero-order valence-electron chi connectivity index (χ0n) is 16.5. The van der Waals surface area contributed by atoms with Crippen LogP contribution in [0.1, 0.15) is 46.1 Å². The fraction of sp³-hybridized carbons (Fsp3) is 0.273. The number of halogens is 1. The van der Waals surface area contributed by atoms with Gasteiger partial charge in [-0.05, 0) is 49.9 Å². The maximum Gasteiger partial charge on any atom is 0.255 e. The Hall–Kier alpha value is -3.39. The molecule has 0 bridgehead atoms. The van der Waals surface area contributed by atoms with Gasteiger partial charge in [0.2, 0.25) is 0 Å². The number of anilines is 3. The molecule has 3 heterocycles. The molecular formula is C22H22FN5O2. The number of aliphatic hydroxyl groups excluding tert-OH is 1. The molecule has 7 nitrogen and oxygen atoms in total. The normalized spacial score (nSPS) is 14.2. The molecule has 30 heavy (non-hydrogen) atoms. The van der Waals surface area contributed by atoms with Gasteiger partial charge < -0.3 is 15.7 Å². The fourth-order valence-corrected chi connectivity index (χ4v) is 3.14. The SMILES string of the molecule is Cc1cc(C(O)C2CC2)c(NC(=O)c2ccnc(Nc3ccc(CF)cn3)c2)cn1. The van der Waals surface area contributed by atoms with E-state index in [0.29, 0.717) is 34.0 Å². The standard InChI is InChI=1S/C22H22FN5O2/c1-13-8-17(21(29)15-3-4-15)18(12-25-13)27-22(30)16-6-7-24-20(9-16)28-19-5-2-14(10-23)11-26-19/h2,5-9,11-12,15,21,29H,3-4,10H2,1H3,(H,27,30)(H,24,26,28). The Bertz CT molecular complexity index is 1050. The number of aliphatic hydroxyl groups is 1. The van der Waals surface area contributed by atoms with Crippen LogP contribution >= 0.6 is 0 Å². The lowest BCUT2D eigenvalue weighted by Crippen LogP contribution is -2.16. The highest BCUT2D eigenvalue weighted by molar-refractivity contribution is 6.05. The topological polar surface area (TPSA) is 100 Å². The van der Waals surface area contributed by atoms with Crippen LogP contribution in [0.3, 0.4) is 0 Å². The van der Waals surface area contributed by atoms with Gasteiger partial charge in [-0.3, -0.25) is 9.78 Å². The Balaban J connectivity index is 1.51. The maximum absolute atomic E-state index is 12.8. The molecule has 3 aromatic heterocycles. The lowest BCUT2D eigenvalue weighted by Gasteiger charge is -2.16. The Morgan fingerprint density at radius 1 is 1.17 bits per heavy atom. The predicted octanol–water partition coefficient (Wildman–Crippen LogP) is 4.09. The van der Waals surface area contributed by atoms with E-state index in [2.05, 4.69) is 25.6 Å². The van der Waals surface area contributed by atoms with Gasteiger partial charge in [0.05, 0.1) is 18.0 Å². The summed E-state index contributed by atoms with van der Waals surface area (Å²) < 4.78 is 12.6. The second-order valence-electron chi connectivity index (χ2n) is 7.39. The molecule has 0 aromatic carbocycles. The summed E-state index contributed by atoms with van der Waals surface area (Å²) >= 11 is 0. The zero-order valence-corrected chi connectivity index (χ0v) is 16.5. The van der Waals surface area contributed by atoms with Gasteiger partial charge in [-0.1, -0.05) is 6.07 Å². The highest BCUT2D eigenvalue weighted by Gasteiger charge is 2.32. The molecule has 1 aliphatic rings. The highest BCUT2D eigenvalue weighted by Crippen LogP contribution is 2.43. The minimum Gasteiger partial charge on any atom is -0.388 e. The molecule has 1 fully saturated rings. The summed E-state index contributed by atoms with van der Waals surface area (Å²) in [6.45, 7) is 1.27. The smallest absolute Gasteiger partial charge is 0.255 e. The monoisotopic (exact) mass is 407 g/mol. The molecule has 1 saturated carbocycles. The van der Waals surface area contributed by atoms with E-state index in [1.54, 1.807) is 30.5 Å². The molecule has 3 aromatic rings. The third-order valence-electron chi connectivity index (χ3n) is 4.97. The number of rotatable bonds is 7. The molecule has 1 unspecified atom stereocenters. The van der Waals surface area contributed by atoms with Gasteiger partial charge in [0.25, 0.3) is 5.91 Å². The number of hydrogen-bond donors (Lipinski definition) is 3. The second kappa shape index (κ2) is 8.54. The summed E-state index contributed by atoms with van der Waals surface area (Å²) in [4.78, 5) is 25.4. The zero-order chi connectivity index (χ0) is 21.1. The maximum atomic E-state index is 12.8. The Morgan fingerprint density at radius 3 is 2.70 bits per heavy atom. The van der Waals surface area contributed by atoms with Crippen LogP contribution in [0.25, 0.3) is 0 Å². The summed E-state index contributed by atoms with van der Waals surface area (Å²) in [7, 11) is 0. The van der Waals surface area contributed by atoms with Crippen LogP contribution in [0, 0.1) is 12.8 Å². The van der Waals surface area contributed by atoms with Crippen molar-refractivity contribution in [3.05, 3.63) is 71.3 Å². The summed E-state index contributed by atoms with van der Waals surface area (Å²) in [5.74, 6) is 0.824. The summed E-state index contributed by atoms with van der Waals surface area (Å²) in [6.07, 6.45) is 5.88. The molecule has 0 radical (unpaired) electrons.